The summed E-state index contributed by atoms with van der Waals surface area (Å²) in [5.74, 6) is 0.678. The number of piperidine rings is 1. The zero-order valence-electron chi connectivity index (χ0n) is 11.4. The molecule has 19 heavy (non-hydrogen) atoms. The molecule has 1 atom stereocenters. The molecule has 4 heteroatoms. The first kappa shape index (κ1) is 14.4. The van der Waals surface area contributed by atoms with Crippen LogP contribution in [0.2, 0.25) is 0 Å². The fourth-order valence-corrected chi connectivity index (χ4v) is 2.84. The van der Waals surface area contributed by atoms with Gasteiger partial charge in [-0.1, -0.05) is 18.2 Å². The van der Waals surface area contributed by atoms with Crippen molar-refractivity contribution in [2.24, 2.45) is 5.92 Å². The van der Waals surface area contributed by atoms with Gasteiger partial charge in [-0.15, -0.1) is 0 Å². The van der Waals surface area contributed by atoms with E-state index in [-0.39, 0.29) is 5.56 Å². The summed E-state index contributed by atoms with van der Waals surface area (Å²) in [6.45, 7) is 3.94. The highest BCUT2D eigenvalue weighted by Crippen LogP contribution is 2.22. The van der Waals surface area contributed by atoms with Crippen molar-refractivity contribution in [1.82, 2.24) is 10.2 Å². The molecule has 0 radical (unpaired) electrons. The highest BCUT2D eigenvalue weighted by molar-refractivity contribution is 5.24. The minimum absolute atomic E-state index is 0.126. The molecule has 1 unspecified atom stereocenters. The summed E-state index contributed by atoms with van der Waals surface area (Å²) in [5, 5.41) is 3.22. The average molecular weight is 268 g/mol. The van der Waals surface area contributed by atoms with E-state index >= 15 is 0 Å². The fourth-order valence-electron chi connectivity index (χ4n) is 2.84. The Hall–Kier alpha value is -1.00. The van der Waals surface area contributed by atoms with Crippen molar-refractivity contribution < 1.29 is 8.78 Å². The molecule has 1 N–H and O–H groups in total. The van der Waals surface area contributed by atoms with E-state index in [0.29, 0.717) is 5.92 Å². The zero-order valence-corrected chi connectivity index (χ0v) is 11.4. The van der Waals surface area contributed by atoms with Crippen LogP contribution >= 0.6 is 0 Å². The molecule has 1 saturated heterocycles. The maximum absolute atomic E-state index is 12.7. The second kappa shape index (κ2) is 6.96. The molecule has 2 nitrogen and oxygen atoms in total. The summed E-state index contributed by atoms with van der Waals surface area (Å²) >= 11 is 0. The highest BCUT2D eigenvalue weighted by Gasteiger charge is 2.19. The highest BCUT2D eigenvalue weighted by atomic mass is 19.3. The van der Waals surface area contributed by atoms with E-state index in [9.17, 15) is 8.78 Å². The molecule has 1 aromatic rings. The molecule has 1 aromatic carbocycles. The number of halogens is 2. The predicted octanol–water partition coefficient (Wildman–Crippen LogP) is 3.06. The van der Waals surface area contributed by atoms with E-state index in [1.807, 2.05) is 13.1 Å². The van der Waals surface area contributed by atoms with Gasteiger partial charge in [0, 0.05) is 18.7 Å². The van der Waals surface area contributed by atoms with Gasteiger partial charge in [0.25, 0.3) is 6.43 Å². The van der Waals surface area contributed by atoms with Crippen molar-refractivity contribution in [3.05, 3.63) is 35.4 Å². The first-order chi connectivity index (χ1) is 9.19. The van der Waals surface area contributed by atoms with E-state index in [4.69, 9.17) is 0 Å². The van der Waals surface area contributed by atoms with Crippen LogP contribution in [0.5, 0.6) is 0 Å². The molecular weight excluding hydrogens is 246 g/mol. The van der Waals surface area contributed by atoms with Crippen LogP contribution in [0.4, 0.5) is 8.78 Å². The molecule has 0 spiro atoms. The number of nitrogens with one attached hydrogen (secondary N) is 1. The Bertz CT molecular complexity index is 393. The Morgan fingerprint density at radius 3 is 3.00 bits per heavy atom. The number of hydrogen-bond acceptors (Lipinski definition) is 2. The molecule has 2 rings (SSSR count). The van der Waals surface area contributed by atoms with Crippen LogP contribution < -0.4 is 5.32 Å². The molecule has 0 bridgehead atoms. The van der Waals surface area contributed by atoms with Crippen molar-refractivity contribution in [2.45, 2.75) is 25.8 Å². The summed E-state index contributed by atoms with van der Waals surface area (Å²) in [4.78, 5) is 2.37. The van der Waals surface area contributed by atoms with Crippen LogP contribution in [-0.2, 0) is 6.54 Å². The second-order valence-corrected chi connectivity index (χ2v) is 5.35. The van der Waals surface area contributed by atoms with Crippen molar-refractivity contribution in [3.8, 4) is 0 Å². The van der Waals surface area contributed by atoms with Crippen molar-refractivity contribution in [2.75, 3.05) is 26.7 Å². The van der Waals surface area contributed by atoms with Gasteiger partial charge in [0.1, 0.15) is 0 Å². The van der Waals surface area contributed by atoms with Gasteiger partial charge in [0.2, 0.25) is 0 Å². The Kier molecular flexibility index (Phi) is 5.28. The van der Waals surface area contributed by atoms with E-state index in [1.165, 1.54) is 18.9 Å². The van der Waals surface area contributed by atoms with Crippen LogP contribution in [-0.4, -0.2) is 31.6 Å². The molecule has 0 amide bonds. The third-order valence-corrected chi connectivity index (χ3v) is 3.71. The molecule has 1 aliphatic rings. The standard InChI is InChI=1S/C15H22F2N2/c1-18-9-13-5-3-7-19(11-13)10-12-4-2-6-14(8-12)15(16)17/h2,4,6,8,13,15,18H,3,5,7,9-11H2,1H3. The number of likely N-dealkylation sites (tertiary alicyclic amines) is 1. The van der Waals surface area contributed by atoms with Gasteiger partial charge in [-0.3, -0.25) is 4.90 Å². The topological polar surface area (TPSA) is 15.3 Å². The molecule has 1 heterocycles. The number of nitrogens with zero attached hydrogens (tertiary/aromatic N) is 1. The summed E-state index contributed by atoms with van der Waals surface area (Å²) in [6, 6.07) is 6.79. The molecule has 0 aliphatic carbocycles. The molecule has 106 valence electrons. The van der Waals surface area contributed by atoms with Crippen molar-refractivity contribution in [1.29, 1.82) is 0 Å². The zero-order chi connectivity index (χ0) is 13.7. The van der Waals surface area contributed by atoms with Crippen LogP contribution in [0.25, 0.3) is 0 Å². The second-order valence-electron chi connectivity index (χ2n) is 5.35. The van der Waals surface area contributed by atoms with Gasteiger partial charge in [0.15, 0.2) is 0 Å². The number of benzene rings is 1. The fraction of sp³-hybridized carbons (Fsp3) is 0.600. The molecular formula is C15H22F2N2. The van der Waals surface area contributed by atoms with Crippen LogP contribution in [0, 0.1) is 5.92 Å². The van der Waals surface area contributed by atoms with Gasteiger partial charge in [0.05, 0.1) is 0 Å². The predicted molar refractivity (Wildman–Crippen MR) is 73.3 cm³/mol. The lowest BCUT2D eigenvalue weighted by molar-refractivity contribution is 0.150. The Balaban J connectivity index is 1.94. The third kappa shape index (κ3) is 4.25. The van der Waals surface area contributed by atoms with Crippen LogP contribution in [0.1, 0.15) is 30.4 Å². The molecule has 0 aromatic heterocycles. The van der Waals surface area contributed by atoms with Gasteiger partial charge in [-0.25, -0.2) is 8.78 Å². The van der Waals surface area contributed by atoms with Crippen molar-refractivity contribution >= 4 is 0 Å². The maximum Gasteiger partial charge on any atom is 0.263 e. The monoisotopic (exact) mass is 268 g/mol. The normalized spacial score (nSPS) is 20.9. The first-order valence-corrected chi connectivity index (χ1v) is 6.93. The third-order valence-electron chi connectivity index (χ3n) is 3.71. The lowest BCUT2D eigenvalue weighted by atomic mass is 9.97. The van der Waals surface area contributed by atoms with Crippen LogP contribution in [0.3, 0.4) is 0 Å². The Labute approximate surface area is 113 Å². The average Bonchev–Trinajstić information content (AvgIpc) is 2.40. The minimum Gasteiger partial charge on any atom is -0.319 e. The summed E-state index contributed by atoms with van der Waals surface area (Å²) in [6.07, 6.45) is 0.0771. The first-order valence-electron chi connectivity index (χ1n) is 6.93. The smallest absolute Gasteiger partial charge is 0.263 e. The maximum atomic E-state index is 12.7. The number of alkyl halides is 2. The van der Waals surface area contributed by atoms with Gasteiger partial charge in [-0.05, 0) is 50.5 Å². The largest absolute Gasteiger partial charge is 0.319 e. The molecule has 1 aliphatic heterocycles. The van der Waals surface area contributed by atoms with E-state index < -0.39 is 6.43 Å². The quantitative estimate of drug-likeness (QED) is 0.883. The lowest BCUT2D eigenvalue weighted by Gasteiger charge is -2.32. The Morgan fingerprint density at radius 2 is 2.26 bits per heavy atom. The van der Waals surface area contributed by atoms with Gasteiger partial charge >= 0.3 is 0 Å². The van der Waals surface area contributed by atoms with E-state index in [0.717, 1.165) is 31.7 Å². The van der Waals surface area contributed by atoms with Gasteiger partial charge < -0.3 is 5.32 Å². The summed E-state index contributed by atoms with van der Waals surface area (Å²) < 4.78 is 25.3. The SMILES string of the molecule is CNCC1CCCN(Cc2cccc(C(F)F)c2)C1. The molecule has 1 fully saturated rings. The Morgan fingerprint density at radius 1 is 1.42 bits per heavy atom. The summed E-state index contributed by atoms with van der Waals surface area (Å²) in [7, 11) is 1.98. The van der Waals surface area contributed by atoms with E-state index in [1.54, 1.807) is 12.1 Å². The van der Waals surface area contributed by atoms with Crippen LogP contribution in [0.15, 0.2) is 24.3 Å². The summed E-state index contributed by atoms with van der Waals surface area (Å²) in [5.41, 5.74) is 1.11. The van der Waals surface area contributed by atoms with E-state index in [2.05, 4.69) is 10.2 Å². The van der Waals surface area contributed by atoms with Crippen molar-refractivity contribution in [3.63, 3.8) is 0 Å². The number of rotatable bonds is 5. The van der Waals surface area contributed by atoms with Gasteiger partial charge in [-0.2, -0.15) is 0 Å². The molecule has 0 saturated carbocycles. The lowest BCUT2D eigenvalue weighted by Crippen LogP contribution is -2.38. The number of hydrogen-bond donors (Lipinski definition) is 1. The minimum atomic E-state index is -2.38.